The number of hydrogen-bond donors (Lipinski definition) is 1. The number of nitrogens with one attached hydrogen (secondary N) is 1. The molecular weight excluding hydrogens is 212 g/mol. The first-order valence-corrected chi connectivity index (χ1v) is 6.69. The van der Waals surface area contributed by atoms with Gasteiger partial charge in [0.2, 0.25) is 0 Å². The van der Waals surface area contributed by atoms with E-state index in [-0.39, 0.29) is 5.41 Å². The van der Waals surface area contributed by atoms with Gasteiger partial charge in [0.25, 0.3) is 0 Å². The van der Waals surface area contributed by atoms with Gasteiger partial charge in [-0.3, -0.25) is 0 Å². The molecule has 2 heterocycles. The summed E-state index contributed by atoms with van der Waals surface area (Å²) in [5.41, 5.74) is 1.78. The molecule has 0 bridgehead atoms. The molecular formula is C14H22N2O. The molecule has 1 saturated heterocycles. The molecule has 0 radical (unpaired) electrons. The van der Waals surface area contributed by atoms with Crippen LogP contribution in [-0.4, -0.2) is 18.2 Å². The minimum atomic E-state index is 0.116. The highest BCUT2D eigenvalue weighted by Gasteiger charge is 2.51. The Kier molecular flexibility index (Phi) is 2.37. The Bertz CT molecular complexity index is 424. The first kappa shape index (κ1) is 11.3. The quantitative estimate of drug-likeness (QED) is 0.749. The maximum atomic E-state index is 5.54. The lowest BCUT2D eigenvalue weighted by Gasteiger charge is -2.48. The Morgan fingerprint density at radius 2 is 2.24 bits per heavy atom. The van der Waals surface area contributed by atoms with Crippen molar-refractivity contribution in [1.29, 1.82) is 0 Å². The zero-order chi connectivity index (χ0) is 12.1. The topological polar surface area (TPSA) is 38.1 Å². The molecule has 0 spiro atoms. The normalized spacial score (nSPS) is 35.8. The monoisotopic (exact) mass is 234 g/mol. The van der Waals surface area contributed by atoms with E-state index in [0.717, 1.165) is 25.3 Å². The highest BCUT2D eigenvalue weighted by molar-refractivity contribution is 5.30. The SMILES string of the molecule is CC1(C)c2oncc2C[C@@]2(C)CNCCC[C@H]12. The van der Waals surface area contributed by atoms with Crippen LogP contribution in [0.4, 0.5) is 0 Å². The number of hydrogen-bond acceptors (Lipinski definition) is 3. The van der Waals surface area contributed by atoms with Crippen molar-refractivity contribution in [3.05, 3.63) is 17.5 Å². The van der Waals surface area contributed by atoms with Gasteiger partial charge in [0.1, 0.15) is 5.76 Å². The molecule has 3 rings (SSSR count). The Hall–Kier alpha value is -0.830. The van der Waals surface area contributed by atoms with E-state index in [1.54, 1.807) is 0 Å². The molecule has 2 atom stereocenters. The minimum absolute atomic E-state index is 0.116. The summed E-state index contributed by atoms with van der Waals surface area (Å²) in [6, 6.07) is 0. The lowest BCUT2D eigenvalue weighted by molar-refractivity contribution is 0.0723. The Morgan fingerprint density at radius 3 is 3.06 bits per heavy atom. The first-order chi connectivity index (χ1) is 8.04. The second kappa shape index (κ2) is 3.58. The van der Waals surface area contributed by atoms with E-state index in [9.17, 15) is 0 Å². The maximum absolute atomic E-state index is 5.54. The van der Waals surface area contributed by atoms with Crippen LogP contribution in [0.5, 0.6) is 0 Å². The van der Waals surface area contributed by atoms with E-state index in [1.807, 2.05) is 6.20 Å². The predicted octanol–water partition coefficient (Wildman–Crippen LogP) is 2.51. The second-order valence-electron chi connectivity index (χ2n) is 6.60. The van der Waals surface area contributed by atoms with Crippen LogP contribution in [0, 0.1) is 11.3 Å². The van der Waals surface area contributed by atoms with Gasteiger partial charge in [0, 0.05) is 17.5 Å². The number of nitrogens with zero attached hydrogens (tertiary/aromatic N) is 1. The van der Waals surface area contributed by atoms with Crippen molar-refractivity contribution in [2.75, 3.05) is 13.1 Å². The summed E-state index contributed by atoms with van der Waals surface area (Å²) in [6.45, 7) is 9.34. The highest BCUT2D eigenvalue weighted by atomic mass is 16.5. The van der Waals surface area contributed by atoms with Crippen molar-refractivity contribution in [3.8, 4) is 0 Å². The fourth-order valence-corrected chi connectivity index (χ4v) is 4.21. The molecule has 94 valence electrons. The molecule has 17 heavy (non-hydrogen) atoms. The highest BCUT2D eigenvalue weighted by Crippen LogP contribution is 2.52. The Balaban J connectivity index is 2.09. The molecule has 2 aliphatic rings. The predicted molar refractivity (Wildman–Crippen MR) is 66.9 cm³/mol. The standard InChI is InChI=1S/C14H22N2O/c1-13(2)11-5-4-6-15-9-14(11,3)7-10-8-16-17-12(10)13/h8,11,15H,4-7,9H2,1-3H3/t11-,14+/m1/s1. The third-order valence-corrected chi connectivity index (χ3v) is 4.91. The third-order valence-electron chi connectivity index (χ3n) is 4.91. The van der Waals surface area contributed by atoms with Crippen molar-refractivity contribution in [3.63, 3.8) is 0 Å². The van der Waals surface area contributed by atoms with Gasteiger partial charge in [-0.15, -0.1) is 0 Å². The zero-order valence-electron chi connectivity index (χ0n) is 11.0. The summed E-state index contributed by atoms with van der Waals surface area (Å²) in [5.74, 6) is 1.81. The van der Waals surface area contributed by atoms with Crippen LogP contribution in [0.1, 0.15) is 44.9 Å². The molecule has 0 amide bonds. The smallest absolute Gasteiger partial charge is 0.145 e. The lowest BCUT2D eigenvalue weighted by Crippen LogP contribution is -2.49. The van der Waals surface area contributed by atoms with Crippen LogP contribution in [0.2, 0.25) is 0 Å². The molecule has 3 heteroatoms. The van der Waals surface area contributed by atoms with E-state index in [1.165, 1.54) is 18.4 Å². The lowest BCUT2D eigenvalue weighted by atomic mass is 9.55. The van der Waals surface area contributed by atoms with E-state index >= 15 is 0 Å². The molecule has 1 aromatic heterocycles. The molecule has 0 saturated carbocycles. The summed E-state index contributed by atoms with van der Waals surface area (Å²) < 4.78 is 5.54. The van der Waals surface area contributed by atoms with E-state index < -0.39 is 0 Å². The summed E-state index contributed by atoms with van der Waals surface area (Å²) >= 11 is 0. The summed E-state index contributed by atoms with van der Waals surface area (Å²) in [6.07, 6.45) is 5.58. The summed E-state index contributed by atoms with van der Waals surface area (Å²) in [7, 11) is 0. The fourth-order valence-electron chi connectivity index (χ4n) is 4.21. The van der Waals surface area contributed by atoms with Crippen LogP contribution in [0.15, 0.2) is 10.7 Å². The van der Waals surface area contributed by atoms with Crippen molar-refractivity contribution < 1.29 is 4.52 Å². The van der Waals surface area contributed by atoms with Crippen molar-refractivity contribution in [1.82, 2.24) is 10.5 Å². The molecule has 1 aliphatic heterocycles. The molecule has 3 nitrogen and oxygen atoms in total. The van der Waals surface area contributed by atoms with Crippen molar-refractivity contribution in [2.24, 2.45) is 11.3 Å². The van der Waals surface area contributed by atoms with Gasteiger partial charge in [0.15, 0.2) is 0 Å². The van der Waals surface area contributed by atoms with Gasteiger partial charge in [-0.05, 0) is 37.1 Å². The first-order valence-electron chi connectivity index (χ1n) is 6.69. The molecule has 1 aliphatic carbocycles. The van der Waals surface area contributed by atoms with E-state index in [4.69, 9.17) is 4.52 Å². The molecule has 1 N–H and O–H groups in total. The minimum Gasteiger partial charge on any atom is -0.361 e. The molecule has 1 fully saturated rings. The number of fused-ring (bicyclic) bond motifs is 2. The van der Waals surface area contributed by atoms with E-state index in [0.29, 0.717) is 11.3 Å². The van der Waals surface area contributed by atoms with Crippen LogP contribution < -0.4 is 5.32 Å². The van der Waals surface area contributed by atoms with Gasteiger partial charge < -0.3 is 9.84 Å². The van der Waals surface area contributed by atoms with Gasteiger partial charge in [-0.25, -0.2) is 0 Å². The Labute approximate surface area is 103 Å². The number of rotatable bonds is 0. The molecule has 1 aromatic rings. The average molecular weight is 234 g/mol. The van der Waals surface area contributed by atoms with Gasteiger partial charge in [-0.1, -0.05) is 25.9 Å². The summed E-state index contributed by atoms with van der Waals surface area (Å²) in [5, 5.41) is 7.61. The van der Waals surface area contributed by atoms with Crippen LogP contribution >= 0.6 is 0 Å². The molecule has 0 aromatic carbocycles. The van der Waals surface area contributed by atoms with Crippen molar-refractivity contribution in [2.45, 2.75) is 45.4 Å². The van der Waals surface area contributed by atoms with Gasteiger partial charge in [-0.2, -0.15) is 0 Å². The van der Waals surface area contributed by atoms with Crippen LogP contribution in [0.25, 0.3) is 0 Å². The number of aromatic nitrogens is 1. The fraction of sp³-hybridized carbons (Fsp3) is 0.786. The maximum Gasteiger partial charge on any atom is 0.145 e. The largest absolute Gasteiger partial charge is 0.361 e. The van der Waals surface area contributed by atoms with Gasteiger partial charge in [0.05, 0.1) is 6.20 Å². The van der Waals surface area contributed by atoms with E-state index in [2.05, 4.69) is 31.2 Å². The second-order valence-corrected chi connectivity index (χ2v) is 6.60. The van der Waals surface area contributed by atoms with Crippen LogP contribution in [-0.2, 0) is 11.8 Å². The Morgan fingerprint density at radius 1 is 1.41 bits per heavy atom. The average Bonchev–Trinajstić information content (AvgIpc) is 2.61. The summed E-state index contributed by atoms with van der Waals surface area (Å²) in [4.78, 5) is 0. The van der Waals surface area contributed by atoms with Gasteiger partial charge >= 0.3 is 0 Å². The van der Waals surface area contributed by atoms with Crippen molar-refractivity contribution >= 4 is 0 Å². The van der Waals surface area contributed by atoms with Crippen LogP contribution in [0.3, 0.4) is 0 Å². The third kappa shape index (κ3) is 1.55. The zero-order valence-corrected chi connectivity index (χ0v) is 11.0. The molecule has 0 unspecified atom stereocenters.